The largest absolute Gasteiger partial charge is 0.492 e. The second-order valence-corrected chi connectivity index (χ2v) is 8.25. The second-order valence-electron chi connectivity index (χ2n) is 7.26. The molecule has 5 rings (SSSR count). The number of carbonyl (C=O) groups is 1. The van der Waals surface area contributed by atoms with E-state index in [1.807, 2.05) is 36.4 Å². The fourth-order valence-corrected chi connectivity index (χ4v) is 4.87. The third-order valence-electron chi connectivity index (χ3n) is 5.46. The van der Waals surface area contributed by atoms with E-state index in [1.54, 1.807) is 11.1 Å². The minimum Gasteiger partial charge on any atom is -0.492 e. The van der Waals surface area contributed by atoms with Gasteiger partial charge in [-0.2, -0.15) is 4.98 Å². The van der Waals surface area contributed by atoms with Crippen molar-refractivity contribution >= 4 is 27.7 Å². The quantitative estimate of drug-likeness (QED) is 0.670. The molecule has 2 aliphatic rings. The topological polar surface area (TPSA) is 93.8 Å². The van der Waals surface area contributed by atoms with E-state index in [0.29, 0.717) is 29.2 Å². The molecule has 0 saturated carbocycles. The van der Waals surface area contributed by atoms with Crippen molar-refractivity contribution in [2.75, 3.05) is 26.2 Å². The Morgan fingerprint density at radius 3 is 2.72 bits per heavy atom. The van der Waals surface area contributed by atoms with Crippen LogP contribution in [0.15, 0.2) is 42.6 Å². The van der Waals surface area contributed by atoms with Crippen LogP contribution in [0.1, 0.15) is 6.42 Å². The molecule has 9 heteroatoms. The molecule has 4 heterocycles. The average Bonchev–Trinajstić information content (AvgIpc) is 3.42. The molecule has 3 aromatic rings. The first-order chi connectivity index (χ1) is 14.2. The lowest BCUT2D eigenvalue weighted by Crippen LogP contribution is -2.51. The van der Waals surface area contributed by atoms with Crippen LogP contribution < -0.4 is 15.2 Å². The van der Waals surface area contributed by atoms with Crippen LogP contribution in [0, 0.1) is 0 Å². The summed E-state index contributed by atoms with van der Waals surface area (Å²) in [5.74, 6) is 1.51. The van der Waals surface area contributed by atoms with Crippen LogP contribution in [0.25, 0.3) is 10.3 Å². The zero-order valence-corrected chi connectivity index (χ0v) is 16.5. The van der Waals surface area contributed by atoms with Gasteiger partial charge in [-0.25, -0.2) is 9.78 Å². The predicted molar refractivity (Wildman–Crippen MR) is 109 cm³/mol. The lowest BCUT2D eigenvalue weighted by Gasteiger charge is -2.33. The maximum Gasteiger partial charge on any atom is 0.315 e. The average molecular weight is 411 g/mol. The molecule has 1 aromatic carbocycles. The van der Waals surface area contributed by atoms with Gasteiger partial charge in [0.15, 0.2) is 5.65 Å². The number of urea groups is 1. The summed E-state index contributed by atoms with van der Waals surface area (Å²) in [6.45, 7) is 3.04. The van der Waals surface area contributed by atoms with E-state index >= 15 is 0 Å². The van der Waals surface area contributed by atoms with Crippen LogP contribution in [0.3, 0.4) is 0 Å². The summed E-state index contributed by atoms with van der Waals surface area (Å²) >= 11 is 1.47. The van der Waals surface area contributed by atoms with Gasteiger partial charge in [-0.05, 0) is 42.8 Å². The van der Waals surface area contributed by atoms with Gasteiger partial charge in [0.25, 0.3) is 5.19 Å². The minimum atomic E-state index is -0.308. The number of aromatic nitrogens is 2. The molecule has 8 nitrogen and oxygen atoms in total. The molecule has 29 heavy (non-hydrogen) atoms. The van der Waals surface area contributed by atoms with Crippen molar-refractivity contribution in [3.05, 3.63) is 42.6 Å². The number of pyridine rings is 1. The summed E-state index contributed by atoms with van der Waals surface area (Å²) in [5.41, 5.74) is 6.11. The number of fused-ring (bicyclic) bond motifs is 3. The molecule has 2 unspecified atom stereocenters. The van der Waals surface area contributed by atoms with Gasteiger partial charge in [-0.15, -0.1) is 0 Å². The van der Waals surface area contributed by atoms with E-state index in [2.05, 4.69) is 14.9 Å². The van der Waals surface area contributed by atoms with Gasteiger partial charge in [0.1, 0.15) is 18.1 Å². The summed E-state index contributed by atoms with van der Waals surface area (Å²) in [6.07, 6.45) is 2.73. The van der Waals surface area contributed by atoms with Crippen LogP contribution in [0.2, 0.25) is 0 Å². The maximum absolute atomic E-state index is 11.4. The maximum atomic E-state index is 11.4. The van der Waals surface area contributed by atoms with E-state index in [1.165, 1.54) is 11.3 Å². The summed E-state index contributed by atoms with van der Waals surface area (Å²) in [7, 11) is 0. The fraction of sp³-hybridized carbons (Fsp3) is 0.350. The van der Waals surface area contributed by atoms with Gasteiger partial charge in [0, 0.05) is 37.9 Å². The first-order valence-corrected chi connectivity index (χ1v) is 10.4. The number of hydrogen-bond donors (Lipinski definition) is 1. The van der Waals surface area contributed by atoms with E-state index in [-0.39, 0.29) is 12.1 Å². The van der Waals surface area contributed by atoms with Gasteiger partial charge < -0.3 is 20.1 Å². The van der Waals surface area contributed by atoms with Gasteiger partial charge in [0.2, 0.25) is 0 Å². The van der Waals surface area contributed by atoms with Crippen LogP contribution in [-0.4, -0.2) is 64.1 Å². The number of nitrogens with zero attached hydrogens (tertiary/aromatic N) is 4. The summed E-state index contributed by atoms with van der Waals surface area (Å²) in [4.78, 5) is 24.1. The smallest absolute Gasteiger partial charge is 0.315 e. The second kappa shape index (κ2) is 7.49. The fourth-order valence-electron chi connectivity index (χ4n) is 4.07. The molecule has 150 valence electrons. The minimum absolute atomic E-state index is 0.256. The number of ether oxygens (including phenoxy) is 2. The molecule has 0 aliphatic carbocycles. The van der Waals surface area contributed by atoms with Crippen LogP contribution in [-0.2, 0) is 0 Å². The Morgan fingerprint density at radius 2 is 2.00 bits per heavy atom. The number of rotatable bonds is 6. The van der Waals surface area contributed by atoms with Gasteiger partial charge in [-0.1, -0.05) is 11.3 Å². The van der Waals surface area contributed by atoms with Crippen LogP contribution in [0.4, 0.5) is 4.79 Å². The molecule has 2 atom stereocenters. The highest BCUT2D eigenvalue weighted by Crippen LogP contribution is 2.31. The SMILES string of the molecule is NC(=O)N1CC2CC1CN2CCOc1ccc(Oc2nc3ncccc3s2)cc1. The molecule has 2 aromatic heterocycles. The Bertz CT molecular complexity index is 991. The van der Waals surface area contributed by atoms with Crippen LogP contribution in [0.5, 0.6) is 16.7 Å². The van der Waals surface area contributed by atoms with E-state index < -0.39 is 0 Å². The lowest BCUT2D eigenvalue weighted by molar-refractivity contribution is 0.127. The predicted octanol–water partition coefficient (Wildman–Crippen LogP) is 2.70. The normalized spacial score (nSPS) is 21.0. The number of primary amides is 1. The number of amides is 2. The molecule has 2 N–H and O–H groups in total. The number of thiazole rings is 1. The number of hydrogen-bond acceptors (Lipinski definition) is 7. The molecule has 2 amide bonds. The lowest BCUT2D eigenvalue weighted by atomic mass is 10.2. The summed E-state index contributed by atoms with van der Waals surface area (Å²) in [6, 6.07) is 11.7. The molecule has 2 aliphatic heterocycles. The van der Waals surface area contributed by atoms with Gasteiger partial charge >= 0.3 is 6.03 Å². The summed E-state index contributed by atoms with van der Waals surface area (Å²) < 4.78 is 12.7. The third-order valence-corrected chi connectivity index (χ3v) is 6.35. The van der Waals surface area contributed by atoms with Crippen molar-refractivity contribution in [3.63, 3.8) is 0 Å². The van der Waals surface area contributed by atoms with E-state index in [0.717, 1.165) is 36.5 Å². The highest BCUT2D eigenvalue weighted by atomic mass is 32.1. The first-order valence-electron chi connectivity index (χ1n) is 9.58. The van der Waals surface area contributed by atoms with Crippen molar-refractivity contribution in [1.82, 2.24) is 19.8 Å². The first kappa shape index (κ1) is 18.1. The van der Waals surface area contributed by atoms with Gasteiger partial charge in [-0.3, -0.25) is 4.90 Å². The zero-order chi connectivity index (χ0) is 19.8. The van der Waals surface area contributed by atoms with E-state index in [9.17, 15) is 4.79 Å². The van der Waals surface area contributed by atoms with E-state index in [4.69, 9.17) is 15.2 Å². The number of piperazine rings is 1. The Kier molecular flexibility index (Phi) is 4.69. The number of benzene rings is 1. The molecule has 2 saturated heterocycles. The zero-order valence-electron chi connectivity index (χ0n) is 15.7. The Labute approximate surface area is 171 Å². The summed E-state index contributed by atoms with van der Waals surface area (Å²) in [5, 5.41) is 0.571. The molecular formula is C20H21N5O3S. The highest BCUT2D eigenvalue weighted by Gasteiger charge is 2.44. The Balaban J connectivity index is 1.11. The van der Waals surface area contributed by atoms with Crippen LogP contribution >= 0.6 is 11.3 Å². The number of nitrogens with two attached hydrogens (primary N) is 1. The van der Waals surface area contributed by atoms with Crippen molar-refractivity contribution in [2.45, 2.75) is 18.5 Å². The highest BCUT2D eigenvalue weighted by molar-refractivity contribution is 7.20. The molecule has 2 fully saturated rings. The monoisotopic (exact) mass is 411 g/mol. The molecular weight excluding hydrogens is 390 g/mol. The van der Waals surface area contributed by atoms with Crippen molar-refractivity contribution in [2.24, 2.45) is 5.73 Å². The molecule has 0 spiro atoms. The van der Waals surface area contributed by atoms with Crippen molar-refractivity contribution in [1.29, 1.82) is 0 Å². The van der Waals surface area contributed by atoms with Crippen molar-refractivity contribution < 1.29 is 14.3 Å². The Hall–Kier alpha value is -2.91. The third kappa shape index (κ3) is 3.70. The van der Waals surface area contributed by atoms with Gasteiger partial charge in [0.05, 0.1) is 4.70 Å². The molecule has 2 bridgehead atoms. The molecule has 0 radical (unpaired) electrons. The standard InChI is InChI=1S/C20H21N5O3S/c21-19(26)25-12-13-10-14(25)11-24(13)8-9-27-15-3-5-16(6-4-15)28-20-23-18-17(29-20)2-1-7-22-18/h1-7,13-14H,8-12H2,(H2,21,26). The van der Waals surface area contributed by atoms with Crippen molar-refractivity contribution in [3.8, 4) is 16.7 Å². The Morgan fingerprint density at radius 1 is 1.17 bits per heavy atom. The number of carbonyl (C=O) groups excluding carboxylic acids is 1. The number of likely N-dealkylation sites (tertiary alicyclic amines) is 2.